The maximum Gasteiger partial charge on any atom is 0.335 e. The standard InChI is InChI=1S/C15H22ClNO2/c1-4-7-8-17(6-3)13-10-12(15(18)19)9-11(5-2)14(13)16/h9-10H,4-8H2,1-3H3,(H,18,19). The first-order valence-electron chi connectivity index (χ1n) is 6.85. The van der Waals surface area contributed by atoms with Crippen LogP contribution in [-0.2, 0) is 6.42 Å². The van der Waals surface area contributed by atoms with Gasteiger partial charge in [-0.25, -0.2) is 4.79 Å². The van der Waals surface area contributed by atoms with Crippen LogP contribution in [0.2, 0.25) is 5.02 Å². The first-order valence-corrected chi connectivity index (χ1v) is 7.23. The topological polar surface area (TPSA) is 40.5 Å². The van der Waals surface area contributed by atoms with Crippen molar-refractivity contribution in [1.82, 2.24) is 0 Å². The van der Waals surface area contributed by atoms with E-state index in [1.54, 1.807) is 12.1 Å². The Kier molecular flexibility index (Phi) is 6.16. The summed E-state index contributed by atoms with van der Waals surface area (Å²) in [6.07, 6.45) is 2.91. The number of nitrogens with zero attached hydrogens (tertiary/aromatic N) is 1. The Labute approximate surface area is 120 Å². The first kappa shape index (κ1) is 15.8. The van der Waals surface area contributed by atoms with Crippen LogP contribution in [0.1, 0.15) is 49.5 Å². The maximum atomic E-state index is 11.2. The van der Waals surface area contributed by atoms with Gasteiger partial charge >= 0.3 is 5.97 Å². The third-order valence-corrected chi connectivity index (χ3v) is 3.70. The predicted octanol–water partition coefficient (Wildman–Crippen LogP) is 4.23. The van der Waals surface area contributed by atoms with Gasteiger partial charge in [-0.2, -0.15) is 0 Å². The van der Waals surface area contributed by atoms with Crippen LogP contribution in [0.25, 0.3) is 0 Å². The molecule has 0 aliphatic heterocycles. The summed E-state index contributed by atoms with van der Waals surface area (Å²) < 4.78 is 0. The number of benzene rings is 1. The second-order valence-electron chi connectivity index (χ2n) is 4.56. The number of hydrogen-bond acceptors (Lipinski definition) is 2. The van der Waals surface area contributed by atoms with Gasteiger partial charge in [0.1, 0.15) is 0 Å². The van der Waals surface area contributed by atoms with Crippen molar-refractivity contribution in [2.24, 2.45) is 0 Å². The summed E-state index contributed by atoms with van der Waals surface area (Å²) in [7, 11) is 0. The molecular weight excluding hydrogens is 262 g/mol. The zero-order valence-corrected chi connectivity index (χ0v) is 12.6. The van der Waals surface area contributed by atoms with Gasteiger partial charge in [-0.1, -0.05) is 31.9 Å². The lowest BCUT2D eigenvalue weighted by Crippen LogP contribution is -2.24. The van der Waals surface area contributed by atoms with Gasteiger partial charge < -0.3 is 10.0 Å². The van der Waals surface area contributed by atoms with Gasteiger partial charge in [0.05, 0.1) is 16.3 Å². The molecule has 3 nitrogen and oxygen atoms in total. The van der Waals surface area contributed by atoms with E-state index in [-0.39, 0.29) is 0 Å². The van der Waals surface area contributed by atoms with Crippen LogP contribution >= 0.6 is 11.6 Å². The van der Waals surface area contributed by atoms with Crippen LogP contribution in [0, 0.1) is 0 Å². The van der Waals surface area contributed by atoms with Crippen molar-refractivity contribution in [3.8, 4) is 0 Å². The van der Waals surface area contributed by atoms with Crippen LogP contribution < -0.4 is 4.90 Å². The second kappa shape index (κ2) is 7.39. The molecule has 1 N–H and O–H groups in total. The quantitative estimate of drug-likeness (QED) is 0.814. The molecular formula is C15H22ClNO2. The number of carboxylic acids is 1. The van der Waals surface area contributed by atoms with E-state index in [0.717, 1.165) is 43.6 Å². The van der Waals surface area contributed by atoms with Gasteiger partial charge in [-0.05, 0) is 37.5 Å². The van der Waals surface area contributed by atoms with Crippen molar-refractivity contribution in [3.63, 3.8) is 0 Å². The fourth-order valence-electron chi connectivity index (χ4n) is 2.08. The fourth-order valence-corrected chi connectivity index (χ4v) is 2.44. The molecule has 1 aromatic carbocycles. The van der Waals surface area contributed by atoms with Gasteiger partial charge in [0, 0.05) is 13.1 Å². The molecule has 0 radical (unpaired) electrons. The number of hydrogen-bond donors (Lipinski definition) is 1. The van der Waals surface area contributed by atoms with E-state index in [0.29, 0.717) is 10.6 Å². The number of carboxylic acid groups (broad SMARTS) is 1. The highest BCUT2D eigenvalue weighted by Crippen LogP contribution is 2.31. The van der Waals surface area contributed by atoms with Crippen molar-refractivity contribution in [3.05, 3.63) is 28.3 Å². The molecule has 0 heterocycles. The molecule has 1 rings (SSSR count). The average Bonchev–Trinajstić information content (AvgIpc) is 2.40. The van der Waals surface area contributed by atoms with Gasteiger partial charge in [-0.15, -0.1) is 0 Å². The van der Waals surface area contributed by atoms with E-state index >= 15 is 0 Å². The molecule has 0 amide bonds. The number of rotatable bonds is 7. The average molecular weight is 284 g/mol. The lowest BCUT2D eigenvalue weighted by Gasteiger charge is -2.25. The molecule has 0 saturated heterocycles. The van der Waals surface area contributed by atoms with Crippen molar-refractivity contribution < 1.29 is 9.90 Å². The van der Waals surface area contributed by atoms with Crippen molar-refractivity contribution in [2.45, 2.75) is 40.0 Å². The lowest BCUT2D eigenvalue weighted by atomic mass is 10.1. The SMILES string of the molecule is CCCCN(CC)c1cc(C(=O)O)cc(CC)c1Cl. The molecule has 19 heavy (non-hydrogen) atoms. The monoisotopic (exact) mass is 283 g/mol. The number of carbonyl (C=O) groups is 1. The zero-order valence-electron chi connectivity index (χ0n) is 11.9. The third kappa shape index (κ3) is 3.87. The van der Waals surface area contributed by atoms with Gasteiger partial charge in [0.2, 0.25) is 0 Å². The van der Waals surface area contributed by atoms with Gasteiger partial charge in [0.15, 0.2) is 0 Å². The normalized spacial score (nSPS) is 10.5. The summed E-state index contributed by atoms with van der Waals surface area (Å²) in [4.78, 5) is 13.3. The molecule has 0 aliphatic rings. The van der Waals surface area contributed by atoms with Crippen LogP contribution in [0.4, 0.5) is 5.69 Å². The van der Waals surface area contributed by atoms with Crippen LogP contribution in [0.5, 0.6) is 0 Å². The largest absolute Gasteiger partial charge is 0.478 e. The first-order chi connectivity index (χ1) is 9.04. The van der Waals surface area contributed by atoms with E-state index in [1.165, 1.54) is 0 Å². The molecule has 1 aromatic rings. The highest BCUT2D eigenvalue weighted by molar-refractivity contribution is 6.34. The zero-order chi connectivity index (χ0) is 14.4. The smallest absolute Gasteiger partial charge is 0.335 e. The summed E-state index contributed by atoms with van der Waals surface area (Å²) in [5.74, 6) is -0.904. The lowest BCUT2D eigenvalue weighted by molar-refractivity contribution is 0.0697. The molecule has 0 saturated carbocycles. The number of anilines is 1. The molecule has 0 fully saturated rings. The number of aromatic carboxylic acids is 1. The van der Waals surface area contributed by atoms with Crippen molar-refractivity contribution >= 4 is 23.3 Å². The molecule has 0 bridgehead atoms. The number of unbranched alkanes of at least 4 members (excludes halogenated alkanes) is 1. The van der Waals surface area contributed by atoms with E-state index in [2.05, 4.69) is 18.7 Å². The van der Waals surface area contributed by atoms with E-state index in [1.807, 2.05) is 6.92 Å². The summed E-state index contributed by atoms with van der Waals surface area (Å²) in [6, 6.07) is 3.35. The highest BCUT2D eigenvalue weighted by Gasteiger charge is 2.15. The Hall–Kier alpha value is -1.22. The highest BCUT2D eigenvalue weighted by atomic mass is 35.5. The number of halogens is 1. The Morgan fingerprint density at radius 2 is 2.00 bits per heavy atom. The maximum absolute atomic E-state index is 11.2. The van der Waals surface area contributed by atoms with Crippen molar-refractivity contribution in [2.75, 3.05) is 18.0 Å². The van der Waals surface area contributed by atoms with Crippen LogP contribution in [-0.4, -0.2) is 24.2 Å². The summed E-state index contributed by atoms with van der Waals surface area (Å²) in [5, 5.41) is 9.87. The molecule has 0 unspecified atom stereocenters. The second-order valence-corrected chi connectivity index (χ2v) is 4.94. The van der Waals surface area contributed by atoms with Gasteiger partial charge in [-0.3, -0.25) is 0 Å². The Bertz CT molecular complexity index is 446. The van der Waals surface area contributed by atoms with E-state index in [9.17, 15) is 9.90 Å². The minimum Gasteiger partial charge on any atom is -0.478 e. The minimum absolute atomic E-state index is 0.311. The van der Waals surface area contributed by atoms with E-state index < -0.39 is 5.97 Å². The van der Waals surface area contributed by atoms with E-state index in [4.69, 9.17) is 11.6 Å². The van der Waals surface area contributed by atoms with Crippen molar-refractivity contribution in [1.29, 1.82) is 0 Å². The molecule has 0 aliphatic carbocycles. The molecule has 0 aromatic heterocycles. The predicted molar refractivity (Wildman–Crippen MR) is 80.6 cm³/mol. The third-order valence-electron chi connectivity index (χ3n) is 3.26. The van der Waals surface area contributed by atoms with Crippen LogP contribution in [0.3, 0.4) is 0 Å². The Balaban J connectivity index is 3.22. The molecule has 4 heteroatoms. The summed E-state index contributed by atoms with van der Waals surface area (Å²) >= 11 is 6.40. The minimum atomic E-state index is -0.904. The Morgan fingerprint density at radius 1 is 1.32 bits per heavy atom. The van der Waals surface area contributed by atoms with Gasteiger partial charge in [0.25, 0.3) is 0 Å². The van der Waals surface area contributed by atoms with Crippen LogP contribution in [0.15, 0.2) is 12.1 Å². The Morgan fingerprint density at radius 3 is 2.47 bits per heavy atom. The molecule has 106 valence electrons. The summed E-state index contributed by atoms with van der Waals surface area (Å²) in [5.41, 5.74) is 2.05. The number of aryl methyl sites for hydroxylation is 1. The fraction of sp³-hybridized carbons (Fsp3) is 0.533. The molecule has 0 atom stereocenters. The molecule has 0 spiro atoms. The summed E-state index contributed by atoms with van der Waals surface area (Å²) in [6.45, 7) is 7.91.